The fraction of sp³-hybridized carbons (Fsp3) is 0.208. The Morgan fingerprint density at radius 2 is 1.67 bits per heavy atom. The zero-order valence-electron chi connectivity index (χ0n) is 15.3. The van der Waals surface area contributed by atoms with E-state index in [0.717, 1.165) is 18.7 Å². The van der Waals surface area contributed by atoms with Crippen LogP contribution in [0.15, 0.2) is 73.1 Å². The summed E-state index contributed by atoms with van der Waals surface area (Å²) in [5, 5.41) is 4.66. The van der Waals surface area contributed by atoms with Crippen LogP contribution in [0.2, 0.25) is 0 Å². The number of pyridine rings is 1. The van der Waals surface area contributed by atoms with E-state index in [1.165, 1.54) is 46.0 Å². The Balaban J connectivity index is 1.67. The van der Waals surface area contributed by atoms with Gasteiger partial charge in [0.05, 0.1) is 0 Å². The predicted molar refractivity (Wildman–Crippen MR) is 112 cm³/mol. The van der Waals surface area contributed by atoms with E-state index >= 15 is 0 Å². The van der Waals surface area contributed by atoms with Crippen LogP contribution in [0.1, 0.15) is 24.3 Å². The summed E-state index contributed by atoms with van der Waals surface area (Å²) in [7, 11) is 0. The van der Waals surface area contributed by atoms with E-state index in [-0.39, 0.29) is 0 Å². The summed E-state index contributed by atoms with van der Waals surface area (Å²) in [6, 6.07) is 22.0. The van der Waals surface area contributed by atoms with Crippen LogP contribution in [0, 0.1) is 0 Å². The molecule has 4 aromatic rings. The van der Waals surface area contributed by atoms with Gasteiger partial charge in [-0.2, -0.15) is 0 Å². The third-order valence-electron chi connectivity index (χ3n) is 5.69. The van der Waals surface area contributed by atoms with Crippen LogP contribution in [0.3, 0.4) is 0 Å². The molecule has 0 saturated carbocycles. The van der Waals surface area contributed by atoms with Crippen molar-refractivity contribution >= 4 is 11.0 Å². The molecule has 3 heteroatoms. The third kappa shape index (κ3) is 3.04. The van der Waals surface area contributed by atoms with Crippen molar-refractivity contribution in [3.8, 4) is 22.3 Å². The van der Waals surface area contributed by atoms with Crippen molar-refractivity contribution in [3.05, 3.63) is 78.6 Å². The Morgan fingerprint density at radius 3 is 2.52 bits per heavy atom. The summed E-state index contributed by atoms with van der Waals surface area (Å²) in [5.74, 6) is 0.625. The molecule has 3 nitrogen and oxygen atoms in total. The number of hydrogen-bond donors (Lipinski definition) is 2. The van der Waals surface area contributed by atoms with Crippen LogP contribution in [0.5, 0.6) is 0 Å². The SMILES string of the molecule is c1ccc(-c2cc(-c3ccnc4[nH]ccc34)ccc2C2CCNCC2)cc1. The summed E-state index contributed by atoms with van der Waals surface area (Å²) >= 11 is 0. The first kappa shape index (κ1) is 16.3. The molecule has 134 valence electrons. The van der Waals surface area contributed by atoms with Crippen molar-refractivity contribution in [2.75, 3.05) is 13.1 Å². The van der Waals surface area contributed by atoms with Gasteiger partial charge >= 0.3 is 0 Å². The van der Waals surface area contributed by atoms with Gasteiger partial charge in [0.2, 0.25) is 0 Å². The molecule has 0 spiro atoms. The summed E-state index contributed by atoms with van der Waals surface area (Å²) in [4.78, 5) is 7.66. The minimum atomic E-state index is 0.625. The van der Waals surface area contributed by atoms with Gasteiger partial charge in [-0.1, -0.05) is 42.5 Å². The lowest BCUT2D eigenvalue weighted by Crippen LogP contribution is -2.26. The van der Waals surface area contributed by atoms with Gasteiger partial charge in [-0.25, -0.2) is 4.98 Å². The summed E-state index contributed by atoms with van der Waals surface area (Å²) in [5.41, 5.74) is 7.56. The van der Waals surface area contributed by atoms with Gasteiger partial charge < -0.3 is 10.3 Å². The normalized spacial score (nSPS) is 15.3. The molecule has 1 aliphatic rings. The zero-order chi connectivity index (χ0) is 18.1. The first-order valence-electron chi connectivity index (χ1n) is 9.73. The van der Waals surface area contributed by atoms with Crippen molar-refractivity contribution in [1.29, 1.82) is 0 Å². The first-order valence-corrected chi connectivity index (χ1v) is 9.73. The molecule has 0 radical (unpaired) electrons. The van der Waals surface area contributed by atoms with Gasteiger partial charge in [-0.15, -0.1) is 0 Å². The largest absolute Gasteiger partial charge is 0.346 e. The number of aromatic nitrogens is 2. The topological polar surface area (TPSA) is 40.7 Å². The van der Waals surface area contributed by atoms with Crippen LogP contribution >= 0.6 is 0 Å². The van der Waals surface area contributed by atoms with E-state index in [1.54, 1.807) is 0 Å². The van der Waals surface area contributed by atoms with Crippen molar-refractivity contribution in [2.24, 2.45) is 0 Å². The van der Waals surface area contributed by atoms with Crippen LogP contribution in [-0.4, -0.2) is 23.1 Å². The van der Waals surface area contributed by atoms with E-state index in [9.17, 15) is 0 Å². The summed E-state index contributed by atoms with van der Waals surface area (Å²) in [6.07, 6.45) is 6.26. The Bertz CT molecular complexity index is 1060. The lowest BCUT2D eigenvalue weighted by Gasteiger charge is -2.26. The standard InChI is InChI=1S/C24H23N3/c1-2-4-17(5-3-1)23-16-19(6-7-20(23)18-8-12-25-13-9-18)21-10-14-26-24-22(21)11-15-27-24/h1-7,10-11,14-16,18,25H,8-9,12-13H2,(H,26,27). The molecule has 0 amide bonds. The number of hydrogen-bond acceptors (Lipinski definition) is 2. The molecule has 1 saturated heterocycles. The van der Waals surface area contributed by atoms with Crippen molar-refractivity contribution in [1.82, 2.24) is 15.3 Å². The molecule has 0 atom stereocenters. The average Bonchev–Trinajstić information content (AvgIpc) is 3.24. The maximum absolute atomic E-state index is 4.44. The fourth-order valence-corrected chi connectivity index (χ4v) is 4.29. The maximum Gasteiger partial charge on any atom is 0.137 e. The number of H-pyrrole nitrogens is 1. The quantitative estimate of drug-likeness (QED) is 0.520. The Labute approximate surface area is 159 Å². The van der Waals surface area contributed by atoms with E-state index < -0.39 is 0 Å². The van der Waals surface area contributed by atoms with Crippen LogP contribution < -0.4 is 5.32 Å². The number of piperidine rings is 1. The zero-order valence-corrected chi connectivity index (χ0v) is 15.3. The number of nitrogens with zero attached hydrogens (tertiary/aromatic N) is 1. The monoisotopic (exact) mass is 353 g/mol. The molecule has 3 heterocycles. The number of fused-ring (bicyclic) bond motifs is 1. The molecule has 5 rings (SSSR count). The lowest BCUT2D eigenvalue weighted by atomic mass is 9.83. The molecular weight excluding hydrogens is 330 g/mol. The van der Waals surface area contributed by atoms with Gasteiger partial charge in [-0.05, 0) is 77.9 Å². The molecule has 1 fully saturated rings. The van der Waals surface area contributed by atoms with Crippen LogP contribution in [-0.2, 0) is 0 Å². The fourth-order valence-electron chi connectivity index (χ4n) is 4.29. The number of nitrogens with one attached hydrogen (secondary N) is 2. The molecular formula is C24H23N3. The second-order valence-electron chi connectivity index (χ2n) is 7.29. The Kier molecular flexibility index (Phi) is 4.23. The van der Waals surface area contributed by atoms with E-state index in [2.05, 4.69) is 75.9 Å². The predicted octanol–water partition coefficient (Wildman–Crippen LogP) is 5.36. The first-order chi connectivity index (χ1) is 13.4. The highest BCUT2D eigenvalue weighted by Gasteiger charge is 2.20. The van der Waals surface area contributed by atoms with Crippen molar-refractivity contribution in [2.45, 2.75) is 18.8 Å². The molecule has 2 N–H and O–H groups in total. The highest BCUT2D eigenvalue weighted by Crippen LogP contribution is 2.38. The van der Waals surface area contributed by atoms with E-state index in [1.807, 2.05) is 12.4 Å². The second kappa shape index (κ2) is 7.01. The molecule has 27 heavy (non-hydrogen) atoms. The highest BCUT2D eigenvalue weighted by molar-refractivity contribution is 5.94. The van der Waals surface area contributed by atoms with Crippen LogP contribution in [0.4, 0.5) is 0 Å². The molecule has 1 aliphatic heterocycles. The average molecular weight is 353 g/mol. The van der Waals surface area contributed by atoms with E-state index in [4.69, 9.17) is 0 Å². The summed E-state index contributed by atoms with van der Waals surface area (Å²) in [6.45, 7) is 2.21. The van der Waals surface area contributed by atoms with Gasteiger partial charge in [0.25, 0.3) is 0 Å². The minimum absolute atomic E-state index is 0.625. The summed E-state index contributed by atoms with van der Waals surface area (Å²) < 4.78 is 0. The Hall–Kier alpha value is -2.91. The second-order valence-corrected chi connectivity index (χ2v) is 7.29. The van der Waals surface area contributed by atoms with Gasteiger partial charge in [-0.3, -0.25) is 0 Å². The molecule has 0 aliphatic carbocycles. The number of benzene rings is 2. The van der Waals surface area contributed by atoms with Crippen molar-refractivity contribution in [3.63, 3.8) is 0 Å². The third-order valence-corrected chi connectivity index (χ3v) is 5.69. The van der Waals surface area contributed by atoms with Gasteiger partial charge in [0, 0.05) is 17.8 Å². The van der Waals surface area contributed by atoms with Crippen LogP contribution in [0.25, 0.3) is 33.3 Å². The molecule has 2 aromatic heterocycles. The maximum atomic E-state index is 4.44. The number of rotatable bonds is 3. The number of aromatic amines is 1. The minimum Gasteiger partial charge on any atom is -0.346 e. The molecule has 0 unspecified atom stereocenters. The van der Waals surface area contributed by atoms with Crippen molar-refractivity contribution < 1.29 is 0 Å². The lowest BCUT2D eigenvalue weighted by molar-refractivity contribution is 0.461. The van der Waals surface area contributed by atoms with Gasteiger partial charge in [0.15, 0.2) is 0 Å². The van der Waals surface area contributed by atoms with Gasteiger partial charge in [0.1, 0.15) is 5.65 Å². The van der Waals surface area contributed by atoms with E-state index in [0.29, 0.717) is 5.92 Å². The highest BCUT2D eigenvalue weighted by atomic mass is 14.9. The molecule has 0 bridgehead atoms. The Morgan fingerprint density at radius 1 is 0.815 bits per heavy atom. The smallest absolute Gasteiger partial charge is 0.137 e. The molecule has 2 aromatic carbocycles.